The van der Waals surface area contributed by atoms with Crippen molar-refractivity contribution in [3.8, 4) is 0 Å². The highest BCUT2D eigenvalue weighted by molar-refractivity contribution is 9.10. The number of amides is 1. The number of nitrogens with zero attached hydrogens (tertiary/aromatic N) is 1. The fourth-order valence-corrected chi connectivity index (χ4v) is 3.57. The van der Waals surface area contributed by atoms with Gasteiger partial charge in [0.2, 0.25) is 0 Å². The van der Waals surface area contributed by atoms with Gasteiger partial charge in [-0.05, 0) is 46.8 Å². The molecule has 0 bridgehead atoms. The Morgan fingerprint density at radius 3 is 2.78 bits per heavy atom. The lowest BCUT2D eigenvalue weighted by atomic mass is 9.85. The Balaban J connectivity index is 2.04. The predicted molar refractivity (Wildman–Crippen MR) is 76.5 cm³/mol. The van der Waals surface area contributed by atoms with Gasteiger partial charge in [0, 0.05) is 18.4 Å². The van der Waals surface area contributed by atoms with Gasteiger partial charge >= 0.3 is 0 Å². The van der Waals surface area contributed by atoms with Gasteiger partial charge in [0.05, 0.1) is 10.0 Å². The number of hydrogen-bond acceptors (Lipinski definition) is 1. The summed E-state index contributed by atoms with van der Waals surface area (Å²) in [5, 5.41) is 0. The van der Waals surface area contributed by atoms with E-state index in [0.29, 0.717) is 21.8 Å². The molecule has 1 aliphatic rings. The summed E-state index contributed by atoms with van der Waals surface area (Å²) in [5.41, 5.74) is 0.126. The monoisotopic (exact) mass is 377 g/mol. The van der Waals surface area contributed by atoms with E-state index in [2.05, 4.69) is 31.9 Å². The van der Waals surface area contributed by atoms with Crippen LogP contribution in [0.5, 0.6) is 0 Å². The van der Waals surface area contributed by atoms with Crippen LogP contribution < -0.4 is 0 Å². The standard InChI is InChI=1S/C13H14Br2FNO/c1-17(7-8-5-9(14)6-8)13(18)10-3-2-4-11(15)12(10)16/h2-4,8-9H,5-7H2,1H3. The number of rotatable bonds is 3. The van der Waals surface area contributed by atoms with Crippen molar-refractivity contribution in [2.75, 3.05) is 13.6 Å². The Morgan fingerprint density at radius 2 is 2.17 bits per heavy atom. The molecule has 2 nitrogen and oxygen atoms in total. The molecule has 0 saturated heterocycles. The average Bonchev–Trinajstić information content (AvgIpc) is 2.30. The van der Waals surface area contributed by atoms with Crippen LogP contribution in [0.15, 0.2) is 22.7 Å². The van der Waals surface area contributed by atoms with Gasteiger partial charge in [-0.25, -0.2) is 4.39 Å². The largest absolute Gasteiger partial charge is 0.341 e. The molecule has 98 valence electrons. The minimum absolute atomic E-state index is 0.126. The van der Waals surface area contributed by atoms with Crippen molar-refractivity contribution in [2.24, 2.45) is 5.92 Å². The smallest absolute Gasteiger partial charge is 0.256 e. The predicted octanol–water partition coefficient (Wildman–Crippen LogP) is 3.83. The summed E-state index contributed by atoms with van der Waals surface area (Å²) in [6.07, 6.45) is 2.16. The molecule has 1 amide bonds. The second-order valence-corrected chi connectivity index (χ2v) is 6.87. The summed E-state index contributed by atoms with van der Waals surface area (Å²) in [4.78, 5) is 14.3. The maximum absolute atomic E-state index is 13.8. The van der Waals surface area contributed by atoms with E-state index in [4.69, 9.17) is 0 Å². The molecule has 0 N–H and O–H groups in total. The van der Waals surface area contributed by atoms with Gasteiger partial charge in [-0.1, -0.05) is 22.0 Å². The van der Waals surface area contributed by atoms with Gasteiger partial charge in [0.1, 0.15) is 5.82 Å². The van der Waals surface area contributed by atoms with Crippen molar-refractivity contribution >= 4 is 37.8 Å². The summed E-state index contributed by atoms with van der Waals surface area (Å²) in [5.74, 6) is -0.216. The van der Waals surface area contributed by atoms with E-state index in [-0.39, 0.29) is 11.5 Å². The highest BCUT2D eigenvalue weighted by Gasteiger charge is 2.29. The molecule has 18 heavy (non-hydrogen) atoms. The third-order valence-corrected chi connectivity index (χ3v) is 4.60. The highest BCUT2D eigenvalue weighted by Crippen LogP contribution is 2.33. The van der Waals surface area contributed by atoms with Crippen LogP contribution in [0.4, 0.5) is 4.39 Å². The molecule has 0 atom stereocenters. The normalized spacial score (nSPS) is 22.4. The van der Waals surface area contributed by atoms with Crippen LogP contribution in [-0.2, 0) is 0 Å². The van der Waals surface area contributed by atoms with Gasteiger partial charge in [-0.2, -0.15) is 0 Å². The van der Waals surface area contributed by atoms with Crippen molar-refractivity contribution in [2.45, 2.75) is 17.7 Å². The van der Waals surface area contributed by atoms with E-state index in [1.807, 2.05) is 0 Å². The van der Waals surface area contributed by atoms with Crippen LogP contribution in [-0.4, -0.2) is 29.2 Å². The molecule has 1 aromatic rings. The Hall–Kier alpha value is -0.420. The van der Waals surface area contributed by atoms with Crippen LogP contribution in [0.25, 0.3) is 0 Å². The lowest BCUT2D eigenvalue weighted by Gasteiger charge is -2.34. The van der Waals surface area contributed by atoms with Gasteiger partial charge in [0.15, 0.2) is 0 Å². The first-order valence-electron chi connectivity index (χ1n) is 5.82. The Kier molecular flexibility index (Phi) is 4.43. The summed E-state index contributed by atoms with van der Waals surface area (Å²) in [7, 11) is 1.73. The lowest BCUT2D eigenvalue weighted by Crippen LogP contribution is -2.38. The summed E-state index contributed by atoms with van der Waals surface area (Å²) in [6, 6.07) is 4.78. The zero-order valence-electron chi connectivity index (χ0n) is 10.00. The van der Waals surface area contributed by atoms with Gasteiger partial charge in [-0.3, -0.25) is 4.79 Å². The molecule has 1 fully saturated rings. The van der Waals surface area contributed by atoms with Gasteiger partial charge in [0.25, 0.3) is 5.91 Å². The molecule has 1 aliphatic carbocycles. The van der Waals surface area contributed by atoms with Gasteiger partial charge in [-0.15, -0.1) is 0 Å². The first-order chi connectivity index (χ1) is 8.49. The van der Waals surface area contributed by atoms with Crippen LogP contribution >= 0.6 is 31.9 Å². The quantitative estimate of drug-likeness (QED) is 0.732. The van der Waals surface area contributed by atoms with Crippen molar-refractivity contribution in [1.29, 1.82) is 0 Å². The first-order valence-corrected chi connectivity index (χ1v) is 7.53. The third-order valence-electron chi connectivity index (χ3n) is 3.24. The Labute approximate surface area is 123 Å². The molecule has 0 unspecified atom stereocenters. The van der Waals surface area contributed by atoms with Crippen molar-refractivity contribution in [3.63, 3.8) is 0 Å². The van der Waals surface area contributed by atoms with Crippen molar-refractivity contribution in [3.05, 3.63) is 34.1 Å². The molecule has 0 spiro atoms. The fraction of sp³-hybridized carbons (Fsp3) is 0.462. The zero-order chi connectivity index (χ0) is 13.3. The zero-order valence-corrected chi connectivity index (χ0v) is 13.2. The number of benzene rings is 1. The number of halogens is 3. The number of alkyl halides is 1. The van der Waals surface area contributed by atoms with E-state index in [1.165, 1.54) is 6.07 Å². The van der Waals surface area contributed by atoms with E-state index in [9.17, 15) is 9.18 Å². The molecule has 1 aromatic carbocycles. The summed E-state index contributed by atoms with van der Waals surface area (Å²) in [6.45, 7) is 0.687. The SMILES string of the molecule is CN(CC1CC(Br)C1)C(=O)c1cccc(Br)c1F. The number of carbonyl (C=O) groups is 1. The summed E-state index contributed by atoms with van der Waals surface area (Å²) < 4.78 is 14.1. The first kappa shape index (κ1) is 14.0. The van der Waals surface area contributed by atoms with E-state index < -0.39 is 5.82 Å². The topological polar surface area (TPSA) is 20.3 Å². The maximum Gasteiger partial charge on any atom is 0.256 e. The van der Waals surface area contributed by atoms with Crippen molar-refractivity contribution < 1.29 is 9.18 Å². The van der Waals surface area contributed by atoms with Crippen LogP contribution in [0, 0.1) is 11.7 Å². The second-order valence-electron chi connectivity index (χ2n) is 4.72. The molecule has 0 aromatic heterocycles. The molecule has 0 heterocycles. The lowest BCUT2D eigenvalue weighted by molar-refractivity contribution is 0.0744. The van der Waals surface area contributed by atoms with Crippen LogP contribution in [0.3, 0.4) is 0 Å². The maximum atomic E-state index is 13.8. The molecular formula is C13H14Br2FNO. The van der Waals surface area contributed by atoms with E-state index in [0.717, 1.165) is 12.8 Å². The van der Waals surface area contributed by atoms with Crippen LogP contribution in [0.2, 0.25) is 0 Å². The Bertz CT molecular complexity index is 460. The number of carbonyl (C=O) groups excluding carboxylic acids is 1. The van der Waals surface area contributed by atoms with E-state index >= 15 is 0 Å². The molecular weight excluding hydrogens is 365 g/mol. The van der Waals surface area contributed by atoms with Crippen LogP contribution in [0.1, 0.15) is 23.2 Å². The van der Waals surface area contributed by atoms with E-state index in [1.54, 1.807) is 24.1 Å². The minimum atomic E-state index is -0.485. The third kappa shape index (κ3) is 2.94. The number of hydrogen-bond donors (Lipinski definition) is 0. The molecule has 2 rings (SSSR count). The second kappa shape index (κ2) is 5.70. The average molecular weight is 379 g/mol. The molecule has 1 saturated carbocycles. The minimum Gasteiger partial charge on any atom is -0.341 e. The summed E-state index contributed by atoms with van der Waals surface area (Å²) >= 11 is 6.62. The fourth-order valence-electron chi connectivity index (χ4n) is 2.15. The molecule has 0 radical (unpaired) electrons. The molecule has 5 heteroatoms. The molecule has 0 aliphatic heterocycles. The highest BCUT2D eigenvalue weighted by atomic mass is 79.9. The Morgan fingerprint density at radius 1 is 1.50 bits per heavy atom. The van der Waals surface area contributed by atoms with Gasteiger partial charge < -0.3 is 4.90 Å². The van der Waals surface area contributed by atoms with Crippen molar-refractivity contribution in [1.82, 2.24) is 4.90 Å².